The van der Waals surface area contributed by atoms with Crippen LogP contribution < -0.4 is 5.32 Å². The summed E-state index contributed by atoms with van der Waals surface area (Å²) in [6.07, 6.45) is 0. The van der Waals surface area contributed by atoms with Crippen LogP contribution in [-0.2, 0) is 15.3 Å². The van der Waals surface area contributed by atoms with Crippen LogP contribution in [0.2, 0.25) is 5.02 Å². The molecule has 1 N–H and O–H groups in total. The number of rotatable bonds is 6. The number of carbonyl (C=O) groups is 2. The number of nitrogens with one attached hydrogen (secondary N) is 1. The summed E-state index contributed by atoms with van der Waals surface area (Å²) in [5.74, 6) is 0.827. The molecule has 2 rings (SSSR count). The molecule has 6 nitrogen and oxygen atoms in total. The van der Waals surface area contributed by atoms with Crippen molar-refractivity contribution in [1.29, 1.82) is 0 Å². The number of aromatic nitrogens is 1. The first kappa shape index (κ1) is 18.4. The third-order valence-electron chi connectivity index (χ3n) is 3.32. The van der Waals surface area contributed by atoms with E-state index in [2.05, 4.69) is 10.5 Å². The van der Waals surface area contributed by atoms with Crippen LogP contribution in [0, 0.1) is 13.8 Å². The standard InChI is InChI=1S/C16H17ClN2O4S/c1-9-13(10(2)23-19-9)7-24-8-15(20)18-14-5-4-11(17)6-12(14)16(21)22-3/h4-6H,7-8H2,1-3H3,(H,18,20). The molecule has 0 aliphatic carbocycles. The molecule has 1 amide bonds. The molecule has 1 aromatic heterocycles. The quantitative estimate of drug-likeness (QED) is 0.784. The number of hydrogen-bond acceptors (Lipinski definition) is 6. The van der Waals surface area contributed by atoms with Gasteiger partial charge in [-0.1, -0.05) is 16.8 Å². The van der Waals surface area contributed by atoms with Crippen molar-refractivity contribution in [2.75, 3.05) is 18.2 Å². The first-order valence-corrected chi connectivity index (χ1v) is 8.63. The Balaban J connectivity index is 1.96. The van der Waals surface area contributed by atoms with Gasteiger partial charge in [0.15, 0.2) is 0 Å². The fraction of sp³-hybridized carbons (Fsp3) is 0.312. The molecule has 2 aromatic rings. The molecule has 0 aliphatic rings. The molecular formula is C16H17ClN2O4S. The monoisotopic (exact) mass is 368 g/mol. The normalized spacial score (nSPS) is 10.5. The molecule has 0 unspecified atom stereocenters. The van der Waals surface area contributed by atoms with Crippen molar-refractivity contribution < 1.29 is 18.8 Å². The number of anilines is 1. The first-order valence-electron chi connectivity index (χ1n) is 7.09. The number of nitrogens with zero attached hydrogens (tertiary/aromatic N) is 1. The zero-order valence-corrected chi connectivity index (χ0v) is 15.1. The molecular weight excluding hydrogens is 352 g/mol. The summed E-state index contributed by atoms with van der Waals surface area (Å²) in [6, 6.07) is 4.63. The van der Waals surface area contributed by atoms with E-state index in [0.717, 1.165) is 17.0 Å². The highest BCUT2D eigenvalue weighted by atomic mass is 35.5. The number of benzene rings is 1. The molecule has 0 saturated carbocycles. The van der Waals surface area contributed by atoms with E-state index in [1.54, 1.807) is 12.1 Å². The van der Waals surface area contributed by atoms with Crippen molar-refractivity contribution in [2.24, 2.45) is 0 Å². The maximum absolute atomic E-state index is 12.1. The lowest BCUT2D eigenvalue weighted by Gasteiger charge is -2.10. The zero-order chi connectivity index (χ0) is 17.7. The number of halogens is 1. The molecule has 8 heteroatoms. The Kier molecular flexibility index (Phi) is 6.28. The Morgan fingerprint density at radius 2 is 2.12 bits per heavy atom. The minimum Gasteiger partial charge on any atom is -0.465 e. The summed E-state index contributed by atoms with van der Waals surface area (Å²) in [7, 11) is 1.27. The van der Waals surface area contributed by atoms with Crippen LogP contribution >= 0.6 is 23.4 Å². The molecule has 0 radical (unpaired) electrons. The van der Waals surface area contributed by atoms with E-state index in [4.69, 9.17) is 20.9 Å². The summed E-state index contributed by atoms with van der Waals surface area (Å²) < 4.78 is 9.78. The van der Waals surface area contributed by atoms with Gasteiger partial charge in [-0.3, -0.25) is 4.79 Å². The van der Waals surface area contributed by atoms with Gasteiger partial charge in [-0.15, -0.1) is 11.8 Å². The number of carbonyl (C=O) groups excluding carboxylic acids is 2. The lowest BCUT2D eigenvalue weighted by molar-refractivity contribution is -0.113. The summed E-state index contributed by atoms with van der Waals surface area (Å²) in [5.41, 5.74) is 2.41. The number of aryl methyl sites for hydroxylation is 2. The van der Waals surface area contributed by atoms with E-state index in [0.29, 0.717) is 16.5 Å². The Labute approximate surface area is 148 Å². The van der Waals surface area contributed by atoms with Crippen LogP contribution in [0.15, 0.2) is 22.7 Å². The predicted octanol–water partition coefficient (Wildman–Crippen LogP) is 3.60. The predicted molar refractivity (Wildman–Crippen MR) is 93.6 cm³/mol. The highest BCUT2D eigenvalue weighted by Gasteiger charge is 2.15. The fourth-order valence-electron chi connectivity index (χ4n) is 2.04. The van der Waals surface area contributed by atoms with Gasteiger partial charge in [0.05, 0.1) is 29.8 Å². The summed E-state index contributed by atoms with van der Waals surface area (Å²) in [5, 5.41) is 6.97. The summed E-state index contributed by atoms with van der Waals surface area (Å²) in [4.78, 5) is 23.9. The van der Waals surface area contributed by atoms with E-state index < -0.39 is 5.97 Å². The van der Waals surface area contributed by atoms with E-state index >= 15 is 0 Å². The average molecular weight is 369 g/mol. The van der Waals surface area contributed by atoms with Gasteiger partial charge in [0.1, 0.15) is 5.76 Å². The Morgan fingerprint density at radius 3 is 2.75 bits per heavy atom. The molecule has 0 fully saturated rings. The fourth-order valence-corrected chi connectivity index (χ4v) is 3.19. The highest BCUT2D eigenvalue weighted by molar-refractivity contribution is 7.99. The summed E-state index contributed by atoms with van der Waals surface area (Å²) in [6.45, 7) is 3.70. The molecule has 0 atom stereocenters. The van der Waals surface area contributed by atoms with Crippen molar-refractivity contribution in [3.05, 3.63) is 45.8 Å². The van der Waals surface area contributed by atoms with Crippen LogP contribution in [0.4, 0.5) is 5.69 Å². The SMILES string of the molecule is COC(=O)c1cc(Cl)ccc1NC(=O)CSCc1c(C)noc1C. The average Bonchev–Trinajstić information content (AvgIpc) is 2.87. The number of esters is 1. The Bertz CT molecular complexity index is 741. The number of ether oxygens (including phenoxy) is 1. The second-order valence-electron chi connectivity index (χ2n) is 5.03. The molecule has 1 aromatic carbocycles. The van der Waals surface area contributed by atoms with Gasteiger partial charge < -0.3 is 14.6 Å². The lowest BCUT2D eigenvalue weighted by atomic mass is 10.2. The molecule has 0 saturated heterocycles. The van der Waals surface area contributed by atoms with Crippen molar-refractivity contribution in [3.63, 3.8) is 0 Å². The molecule has 0 aliphatic heterocycles. The van der Waals surface area contributed by atoms with Gasteiger partial charge in [-0.2, -0.15) is 0 Å². The highest BCUT2D eigenvalue weighted by Crippen LogP contribution is 2.23. The van der Waals surface area contributed by atoms with E-state index in [1.165, 1.54) is 24.9 Å². The van der Waals surface area contributed by atoms with Crippen LogP contribution in [0.1, 0.15) is 27.4 Å². The van der Waals surface area contributed by atoms with E-state index in [9.17, 15) is 9.59 Å². The summed E-state index contributed by atoms with van der Waals surface area (Å²) >= 11 is 7.32. The number of amides is 1. The Morgan fingerprint density at radius 1 is 1.38 bits per heavy atom. The van der Waals surface area contributed by atoms with E-state index in [1.807, 2.05) is 13.8 Å². The van der Waals surface area contributed by atoms with Crippen molar-refractivity contribution >= 4 is 40.9 Å². The van der Waals surface area contributed by atoms with Crippen molar-refractivity contribution in [3.8, 4) is 0 Å². The molecule has 0 bridgehead atoms. The Hall–Kier alpha value is -1.99. The van der Waals surface area contributed by atoms with Crippen molar-refractivity contribution in [1.82, 2.24) is 5.16 Å². The van der Waals surface area contributed by atoms with Gasteiger partial charge in [0.2, 0.25) is 5.91 Å². The number of hydrogen-bond donors (Lipinski definition) is 1. The van der Waals surface area contributed by atoms with Crippen LogP contribution in [-0.4, -0.2) is 29.9 Å². The molecule has 1 heterocycles. The smallest absolute Gasteiger partial charge is 0.340 e. The van der Waals surface area contributed by atoms with Gasteiger partial charge >= 0.3 is 5.97 Å². The largest absolute Gasteiger partial charge is 0.465 e. The maximum atomic E-state index is 12.1. The third-order valence-corrected chi connectivity index (χ3v) is 4.52. The second-order valence-corrected chi connectivity index (χ2v) is 6.45. The number of methoxy groups -OCH3 is 1. The third kappa shape index (κ3) is 4.52. The van der Waals surface area contributed by atoms with Gasteiger partial charge in [-0.05, 0) is 32.0 Å². The van der Waals surface area contributed by atoms with Gasteiger partial charge in [-0.25, -0.2) is 4.79 Å². The van der Waals surface area contributed by atoms with Crippen LogP contribution in [0.5, 0.6) is 0 Å². The van der Waals surface area contributed by atoms with Crippen LogP contribution in [0.3, 0.4) is 0 Å². The van der Waals surface area contributed by atoms with E-state index in [-0.39, 0.29) is 17.2 Å². The van der Waals surface area contributed by atoms with Gasteiger partial charge in [0, 0.05) is 16.3 Å². The zero-order valence-electron chi connectivity index (χ0n) is 13.5. The minimum absolute atomic E-state index is 0.217. The molecule has 24 heavy (non-hydrogen) atoms. The van der Waals surface area contributed by atoms with Gasteiger partial charge in [0.25, 0.3) is 0 Å². The maximum Gasteiger partial charge on any atom is 0.340 e. The second kappa shape index (κ2) is 8.21. The molecule has 0 spiro atoms. The first-order chi connectivity index (χ1) is 11.4. The molecule has 128 valence electrons. The lowest BCUT2D eigenvalue weighted by Crippen LogP contribution is -2.17. The number of thioether (sulfide) groups is 1. The topological polar surface area (TPSA) is 81.4 Å². The van der Waals surface area contributed by atoms with Crippen LogP contribution in [0.25, 0.3) is 0 Å². The minimum atomic E-state index is -0.559. The van der Waals surface area contributed by atoms with Crippen molar-refractivity contribution in [2.45, 2.75) is 19.6 Å².